The molecule has 0 amide bonds. The third-order valence-corrected chi connectivity index (χ3v) is 7.58. The number of piperazine rings is 1. The number of aryl methyl sites for hydroxylation is 1. The molecule has 3 N–H and O–H groups in total. The summed E-state index contributed by atoms with van der Waals surface area (Å²) < 4.78 is 7.40. The van der Waals surface area contributed by atoms with Crippen molar-refractivity contribution in [1.29, 1.82) is 0 Å². The Kier molecular flexibility index (Phi) is 9.57. The van der Waals surface area contributed by atoms with Crippen LogP contribution in [0.2, 0.25) is 0 Å². The molecule has 1 fully saturated rings. The van der Waals surface area contributed by atoms with Crippen molar-refractivity contribution in [3.8, 4) is 6.01 Å². The van der Waals surface area contributed by atoms with E-state index >= 15 is 0 Å². The number of aromatic amines is 1. The topological polar surface area (TPSA) is 105 Å². The van der Waals surface area contributed by atoms with E-state index in [1.54, 1.807) is 4.57 Å². The van der Waals surface area contributed by atoms with Gasteiger partial charge in [0.1, 0.15) is 5.52 Å². The molecule has 0 saturated carbocycles. The Morgan fingerprint density at radius 3 is 2.65 bits per heavy atom. The summed E-state index contributed by atoms with van der Waals surface area (Å²) in [6, 6.07) is 11.9. The zero-order valence-electron chi connectivity index (χ0n) is 22.7. The molecule has 9 nitrogen and oxygen atoms in total. The lowest BCUT2D eigenvalue weighted by molar-refractivity contribution is 0.0557. The van der Waals surface area contributed by atoms with E-state index in [9.17, 15) is 4.79 Å². The molecule has 3 heterocycles. The van der Waals surface area contributed by atoms with E-state index < -0.39 is 0 Å². The molecule has 4 rings (SSSR count). The fourth-order valence-electron chi connectivity index (χ4n) is 5.25. The second-order valence-electron chi connectivity index (χ2n) is 10.3. The standard InChI is InChI=1S/C28H43N7O2/c1-4-6-13-22(34-17-16-33(3)23(20-34)19-21-11-9-8-10-12-21)14-15-35-26-24(30-28(35)36)25(29)31-27(32-26)37-18-7-5-2/h8-12,22-23H,4-7,13-20H2,1-3H3,(H,30,36)(H2,29,31,32). The van der Waals surface area contributed by atoms with Gasteiger partial charge in [0.05, 0.1) is 6.61 Å². The van der Waals surface area contributed by atoms with Crippen molar-refractivity contribution in [3.63, 3.8) is 0 Å². The highest BCUT2D eigenvalue weighted by Gasteiger charge is 2.29. The molecule has 0 aliphatic carbocycles. The number of benzene rings is 1. The largest absolute Gasteiger partial charge is 0.463 e. The minimum absolute atomic E-state index is 0.198. The second-order valence-corrected chi connectivity index (χ2v) is 10.3. The smallest absolute Gasteiger partial charge is 0.327 e. The molecule has 2 aromatic heterocycles. The highest BCUT2D eigenvalue weighted by molar-refractivity contribution is 5.81. The Bertz CT molecular complexity index is 1180. The van der Waals surface area contributed by atoms with Gasteiger partial charge in [-0.25, -0.2) is 4.79 Å². The molecule has 2 atom stereocenters. The summed E-state index contributed by atoms with van der Waals surface area (Å²) in [5.74, 6) is 0.248. The highest BCUT2D eigenvalue weighted by Crippen LogP contribution is 2.22. The van der Waals surface area contributed by atoms with Crippen molar-refractivity contribution in [2.24, 2.45) is 0 Å². The number of nitrogens with zero attached hydrogens (tertiary/aromatic N) is 5. The zero-order valence-corrected chi connectivity index (χ0v) is 22.7. The molecule has 0 radical (unpaired) electrons. The predicted octanol–water partition coefficient (Wildman–Crippen LogP) is 3.69. The average Bonchev–Trinajstić information content (AvgIpc) is 3.22. The summed E-state index contributed by atoms with van der Waals surface area (Å²) in [5.41, 5.74) is 8.34. The molecule has 0 bridgehead atoms. The van der Waals surface area contributed by atoms with E-state index in [1.165, 1.54) is 12.0 Å². The molecular formula is C28H43N7O2. The Hall–Kier alpha value is -2.91. The van der Waals surface area contributed by atoms with Gasteiger partial charge < -0.3 is 20.4 Å². The monoisotopic (exact) mass is 509 g/mol. The van der Waals surface area contributed by atoms with Crippen molar-refractivity contribution < 1.29 is 4.74 Å². The third kappa shape index (κ3) is 6.90. The summed E-state index contributed by atoms with van der Waals surface area (Å²) >= 11 is 0. The Labute approximate surface area is 220 Å². The van der Waals surface area contributed by atoms with Crippen LogP contribution >= 0.6 is 0 Å². The number of anilines is 1. The molecule has 1 aromatic carbocycles. The van der Waals surface area contributed by atoms with Gasteiger partial charge in [-0.05, 0) is 38.3 Å². The number of rotatable bonds is 13. The van der Waals surface area contributed by atoms with Crippen LogP contribution in [0.5, 0.6) is 6.01 Å². The Balaban J connectivity index is 1.49. The molecular weight excluding hydrogens is 466 g/mol. The highest BCUT2D eigenvalue weighted by atomic mass is 16.5. The second kappa shape index (κ2) is 13.1. The van der Waals surface area contributed by atoms with Crippen LogP contribution in [-0.4, -0.2) is 74.7 Å². The van der Waals surface area contributed by atoms with Gasteiger partial charge >= 0.3 is 11.7 Å². The van der Waals surface area contributed by atoms with Gasteiger partial charge in [0, 0.05) is 38.3 Å². The molecule has 202 valence electrons. The van der Waals surface area contributed by atoms with Crippen LogP contribution in [0.1, 0.15) is 57.9 Å². The van der Waals surface area contributed by atoms with Crippen LogP contribution in [0.3, 0.4) is 0 Å². The number of nitrogens with one attached hydrogen (secondary N) is 1. The van der Waals surface area contributed by atoms with E-state index in [0.717, 1.165) is 58.2 Å². The lowest BCUT2D eigenvalue weighted by atomic mass is 9.98. The van der Waals surface area contributed by atoms with Crippen molar-refractivity contribution in [3.05, 3.63) is 46.4 Å². The first-order chi connectivity index (χ1) is 18.0. The van der Waals surface area contributed by atoms with Crippen molar-refractivity contribution in [2.45, 2.75) is 77.4 Å². The summed E-state index contributed by atoms with van der Waals surface area (Å²) in [7, 11) is 2.24. The minimum atomic E-state index is -0.198. The van der Waals surface area contributed by atoms with Crippen LogP contribution in [0.15, 0.2) is 35.1 Å². The SMILES string of the molecule is CCCCOc1nc(N)c2[nH]c(=O)n(CCC(CCCC)N3CCN(C)C(Cc4ccccc4)C3)c2n1. The van der Waals surface area contributed by atoms with Gasteiger partial charge in [0.2, 0.25) is 0 Å². The van der Waals surface area contributed by atoms with Crippen LogP contribution in [0, 0.1) is 0 Å². The number of hydrogen-bond acceptors (Lipinski definition) is 7. The molecule has 9 heteroatoms. The van der Waals surface area contributed by atoms with Gasteiger partial charge in [-0.15, -0.1) is 0 Å². The quantitative estimate of drug-likeness (QED) is 0.339. The molecule has 1 aliphatic heterocycles. The normalized spacial score (nSPS) is 17.9. The number of nitrogens with two attached hydrogens (primary N) is 1. The molecule has 0 spiro atoms. The zero-order chi connectivity index (χ0) is 26.2. The first kappa shape index (κ1) is 27.1. The lowest BCUT2D eigenvalue weighted by Gasteiger charge is -2.43. The van der Waals surface area contributed by atoms with Crippen molar-refractivity contribution in [1.82, 2.24) is 29.3 Å². The van der Waals surface area contributed by atoms with E-state index in [-0.39, 0.29) is 17.5 Å². The summed E-state index contributed by atoms with van der Waals surface area (Å²) in [4.78, 5) is 29.7. The van der Waals surface area contributed by atoms with Crippen LogP contribution in [0.25, 0.3) is 11.2 Å². The Morgan fingerprint density at radius 1 is 1.11 bits per heavy atom. The molecule has 1 aliphatic rings. The number of H-pyrrole nitrogens is 1. The van der Waals surface area contributed by atoms with Gasteiger partial charge in [0.15, 0.2) is 11.5 Å². The van der Waals surface area contributed by atoms with Gasteiger partial charge in [-0.3, -0.25) is 9.47 Å². The number of unbranched alkanes of at least 4 members (excludes halogenated alkanes) is 2. The van der Waals surface area contributed by atoms with Crippen LogP contribution in [0.4, 0.5) is 5.82 Å². The maximum absolute atomic E-state index is 12.9. The number of nitrogen functional groups attached to an aromatic ring is 1. The number of aromatic nitrogens is 4. The number of ether oxygens (including phenoxy) is 1. The van der Waals surface area contributed by atoms with Crippen LogP contribution < -0.4 is 16.2 Å². The number of imidazole rings is 1. The minimum Gasteiger partial charge on any atom is -0.463 e. The first-order valence-electron chi connectivity index (χ1n) is 13.9. The molecule has 37 heavy (non-hydrogen) atoms. The summed E-state index contributed by atoms with van der Waals surface area (Å²) in [6.45, 7) is 8.58. The van der Waals surface area contributed by atoms with Crippen molar-refractivity contribution in [2.75, 3.05) is 39.0 Å². The maximum Gasteiger partial charge on any atom is 0.327 e. The van der Waals surface area contributed by atoms with Gasteiger partial charge in [0.25, 0.3) is 0 Å². The number of fused-ring (bicyclic) bond motifs is 1. The lowest BCUT2D eigenvalue weighted by Crippen LogP contribution is -2.55. The van der Waals surface area contributed by atoms with Gasteiger partial charge in [-0.1, -0.05) is 63.4 Å². The van der Waals surface area contributed by atoms with Crippen molar-refractivity contribution >= 4 is 17.0 Å². The summed E-state index contributed by atoms with van der Waals surface area (Å²) in [5, 5.41) is 0. The summed E-state index contributed by atoms with van der Waals surface area (Å²) in [6.07, 6.45) is 7.32. The average molecular weight is 510 g/mol. The first-order valence-corrected chi connectivity index (χ1v) is 13.9. The van der Waals surface area contributed by atoms with E-state index in [4.69, 9.17) is 10.5 Å². The fraction of sp³-hybridized carbons (Fsp3) is 0.607. The predicted molar refractivity (Wildman–Crippen MR) is 149 cm³/mol. The molecule has 2 unspecified atom stereocenters. The van der Waals surface area contributed by atoms with Gasteiger partial charge in [-0.2, -0.15) is 9.97 Å². The van der Waals surface area contributed by atoms with E-state index in [1.807, 2.05) is 0 Å². The van der Waals surface area contributed by atoms with E-state index in [0.29, 0.717) is 36.4 Å². The Morgan fingerprint density at radius 2 is 1.89 bits per heavy atom. The van der Waals surface area contributed by atoms with E-state index in [2.05, 4.69) is 76.0 Å². The third-order valence-electron chi connectivity index (χ3n) is 7.58. The maximum atomic E-state index is 12.9. The molecule has 3 aromatic rings. The fourth-order valence-corrected chi connectivity index (χ4v) is 5.25. The number of hydrogen-bond donors (Lipinski definition) is 2. The number of likely N-dealkylation sites (N-methyl/N-ethyl adjacent to an activating group) is 1. The van der Waals surface area contributed by atoms with Crippen LogP contribution in [-0.2, 0) is 13.0 Å². The molecule has 1 saturated heterocycles.